The number of esters is 2. The summed E-state index contributed by atoms with van der Waals surface area (Å²) < 4.78 is 10.4. The van der Waals surface area contributed by atoms with Crippen molar-refractivity contribution in [3.05, 3.63) is 75.3 Å². The Kier molecular flexibility index (Phi) is 6.84. The van der Waals surface area contributed by atoms with E-state index in [-0.39, 0.29) is 17.9 Å². The second-order valence-electron chi connectivity index (χ2n) is 5.50. The lowest BCUT2D eigenvalue weighted by Gasteiger charge is -2.10. The number of hydrogen-bond acceptors (Lipinski definition) is 6. The average molecular weight is 357 g/mol. The van der Waals surface area contributed by atoms with Crippen LogP contribution in [0.4, 0.5) is 5.69 Å². The predicted octanol–water partition coefficient (Wildman–Crippen LogP) is 3.91. The van der Waals surface area contributed by atoms with E-state index in [1.807, 2.05) is 6.92 Å². The van der Waals surface area contributed by atoms with Gasteiger partial charge in [-0.1, -0.05) is 43.7 Å². The number of nitro benzene ring substituents is 1. The van der Waals surface area contributed by atoms with Gasteiger partial charge >= 0.3 is 11.9 Å². The maximum atomic E-state index is 12.2. The summed E-state index contributed by atoms with van der Waals surface area (Å²) in [5, 5.41) is 11.0. The smallest absolute Gasteiger partial charge is 0.345 e. The molecule has 0 saturated heterocycles. The van der Waals surface area contributed by atoms with Crippen LogP contribution >= 0.6 is 0 Å². The Balaban J connectivity index is 2.09. The van der Waals surface area contributed by atoms with Crippen LogP contribution in [0.15, 0.2) is 48.5 Å². The molecule has 0 atom stereocenters. The van der Waals surface area contributed by atoms with Gasteiger partial charge < -0.3 is 9.47 Å². The monoisotopic (exact) mass is 357 g/mol. The molecule has 2 rings (SSSR count). The molecule has 0 bridgehead atoms. The highest BCUT2D eigenvalue weighted by Gasteiger charge is 2.21. The largest absolute Gasteiger partial charge is 0.462 e. The van der Waals surface area contributed by atoms with Crippen LogP contribution in [0.5, 0.6) is 0 Å². The van der Waals surface area contributed by atoms with Crippen LogP contribution in [0.2, 0.25) is 0 Å². The third-order valence-corrected chi connectivity index (χ3v) is 3.65. The van der Waals surface area contributed by atoms with Gasteiger partial charge in [-0.3, -0.25) is 10.1 Å². The lowest BCUT2D eigenvalue weighted by atomic mass is 10.1. The maximum absolute atomic E-state index is 12.2. The molecule has 7 nitrogen and oxygen atoms in total. The summed E-state index contributed by atoms with van der Waals surface area (Å²) in [7, 11) is 0. The summed E-state index contributed by atoms with van der Waals surface area (Å²) in [6.45, 7) is 2.12. The minimum atomic E-state index is -0.827. The summed E-state index contributed by atoms with van der Waals surface area (Å²) in [6.07, 6.45) is 1.67. The summed E-state index contributed by atoms with van der Waals surface area (Å²) in [6, 6.07) is 12.2. The fourth-order valence-electron chi connectivity index (χ4n) is 2.26. The van der Waals surface area contributed by atoms with Gasteiger partial charge in [-0.05, 0) is 18.6 Å². The van der Waals surface area contributed by atoms with Gasteiger partial charge in [0, 0.05) is 11.6 Å². The van der Waals surface area contributed by atoms with E-state index in [4.69, 9.17) is 9.47 Å². The van der Waals surface area contributed by atoms with Crippen LogP contribution < -0.4 is 0 Å². The lowest BCUT2D eigenvalue weighted by molar-refractivity contribution is -0.385. The molecule has 2 aromatic rings. The summed E-state index contributed by atoms with van der Waals surface area (Å²) in [5.41, 5.74) is 0.310. The fourth-order valence-corrected chi connectivity index (χ4v) is 2.26. The molecular weight excluding hydrogens is 338 g/mol. The number of para-hydroxylation sites is 1. The second-order valence-corrected chi connectivity index (χ2v) is 5.50. The second kappa shape index (κ2) is 9.31. The molecule has 0 aliphatic heterocycles. The van der Waals surface area contributed by atoms with Crippen molar-refractivity contribution in [1.29, 1.82) is 0 Å². The van der Waals surface area contributed by atoms with E-state index in [2.05, 4.69) is 0 Å². The van der Waals surface area contributed by atoms with E-state index in [1.54, 1.807) is 24.3 Å². The van der Waals surface area contributed by atoms with E-state index in [0.717, 1.165) is 12.8 Å². The summed E-state index contributed by atoms with van der Waals surface area (Å²) >= 11 is 0. The minimum Gasteiger partial charge on any atom is -0.462 e. The highest BCUT2D eigenvalue weighted by atomic mass is 16.6. The fraction of sp³-hybridized carbons (Fsp3) is 0.263. The Bertz CT molecular complexity index is 802. The van der Waals surface area contributed by atoms with Crippen molar-refractivity contribution >= 4 is 17.6 Å². The first-order valence-electron chi connectivity index (χ1n) is 8.20. The molecule has 0 saturated carbocycles. The first kappa shape index (κ1) is 19.1. The molecule has 26 heavy (non-hydrogen) atoms. The first-order chi connectivity index (χ1) is 12.5. The van der Waals surface area contributed by atoms with E-state index in [0.29, 0.717) is 17.7 Å². The third-order valence-electron chi connectivity index (χ3n) is 3.65. The van der Waals surface area contributed by atoms with Crippen molar-refractivity contribution in [2.75, 3.05) is 6.61 Å². The van der Waals surface area contributed by atoms with Crippen molar-refractivity contribution in [2.45, 2.75) is 26.4 Å². The number of nitro groups is 1. The summed E-state index contributed by atoms with van der Waals surface area (Å²) in [5.74, 6) is -1.32. The molecule has 0 N–H and O–H groups in total. The Labute approximate surface area is 150 Å². The maximum Gasteiger partial charge on any atom is 0.345 e. The van der Waals surface area contributed by atoms with Gasteiger partial charge in [0.25, 0.3) is 5.69 Å². The average Bonchev–Trinajstić information content (AvgIpc) is 2.66. The molecule has 0 unspecified atom stereocenters. The van der Waals surface area contributed by atoms with E-state index in [1.165, 1.54) is 24.3 Å². The van der Waals surface area contributed by atoms with E-state index < -0.39 is 16.9 Å². The number of benzene rings is 2. The zero-order valence-corrected chi connectivity index (χ0v) is 14.3. The predicted molar refractivity (Wildman–Crippen MR) is 93.8 cm³/mol. The van der Waals surface area contributed by atoms with Gasteiger partial charge in [-0.2, -0.15) is 0 Å². The standard InChI is InChI=1S/C19H19NO6/c1-2-3-12-25-18(21)15-9-5-4-8-14(15)13-26-19(22)16-10-6-7-11-17(16)20(23)24/h4-11H,2-3,12-13H2,1H3. The van der Waals surface area contributed by atoms with Crippen molar-refractivity contribution in [3.8, 4) is 0 Å². The van der Waals surface area contributed by atoms with Crippen LogP contribution in [0.25, 0.3) is 0 Å². The van der Waals surface area contributed by atoms with Gasteiger partial charge in [-0.25, -0.2) is 9.59 Å². The number of nitrogens with zero attached hydrogens (tertiary/aromatic N) is 1. The molecule has 136 valence electrons. The molecule has 0 spiro atoms. The van der Waals surface area contributed by atoms with Gasteiger partial charge in [0.15, 0.2) is 0 Å². The van der Waals surface area contributed by atoms with Crippen molar-refractivity contribution in [2.24, 2.45) is 0 Å². The van der Waals surface area contributed by atoms with Crippen molar-refractivity contribution in [3.63, 3.8) is 0 Å². The number of rotatable bonds is 8. The minimum absolute atomic E-state index is 0.138. The lowest BCUT2D eigenvalue weighted by Crippen LogP contribution is -2.12. The van der Waals surface area contributed by atoms with E-state index in [9.17, 15) is 19.7 Å². The normalized spacial score (nSPS) is 10.2. The number of carbonyl (C=O) groups is 2. The Morgan fingerprint density at radius 2 is 1.58 bits per heavy atom. The SMILES string of the molecule is CCCCOC(=O)c1ccccc1COC(=O)c1ccccc1[N+](=O)[O-]. The van der Waals surface area contributed by atoms with E-state index >= 15 is 0 Å². The third kappa shape index (κ3) is 4.89. The van der Waals surface area contributed by atoms with Gasteiger partial charge in [0.2, 0.25) is 0 Å². The van der Waals surface area contributed by atoms with Gasteiger partial charge in [0.1, 0.15) is 12.2 Å². The van der Waals surface area contributed by atoms with Crippen molar-refractivity contribution < 1.29 is 24.0 Å². The Hall–Kier alpha value is -3.22. The van der Waals surface area contributed by atoms with Gasteiger partial charge in [-0.15, -0.1) is 0 Å². The molecule has 0 aromatic heterocycles. The Morgan fingerprint density at radius 1 is 0.962 bits per heavy atom. The molecule has 2 aromatic carbocycles. The van der Waals surface area contributed by atoms with Crippen LogP contribution in [-0.4, -0.2) is 23.5 Å². The summed E-state index contributed by atoms with van der Waals surface area (Å²) in [4.78, 5) is 34.7. The zero-order valence-electron chi connectivity index (χ0n) is 14.3. The number of ether oxygens (including phenoxy) is 2. The molecule has 7 heteroatoms. The van der Waals surface area contributed by atoms with Crippen LogP contribution in [0.1, 0.15) is 46.0 Å². The molecular formula is C19H19NO6. The molecule has 0 radical (unpaired) electrons. The quantitative estimate of drug-likeness (QED) is 0.308. The number of carbonyl (C=O) groups excluding carboxylic acids is 2. The highest BCUT2D eigenvalue weighted by molar-refractivity contribution is 5.94. The van der Waals surface area contributed by atoms with Crippen LogP contribution in [0, 0.1) is 10.1 Å². The topological polar surface area (TPSA) is 95.7 Å². The molecule has 0 fully saturated rings. The number of hydrogen-bond donors (Lipinski definition) is 0. The van der Waals surface area contributed by atoms with Gasteiger partial charge in [0.05, 0.1) is 17.1 Å². The van der Waals surface area contributed by atoms with Crippen molar-refractivity contribution in [1.82, 2.24) is 0 Å². The molecule has 0 aliphatic rings. The first-order valence-corrected chi connectivity index (χ1v) is 8.20. The Morgan fingerprint density at radius 3 is 2.27 bits per heavy atom. The molecule has 0 amide bonds. The van der Waals surface area contributed by atoms with Crippen LogP contribution in [0.3, 0.4) is 0 Å². The zero-order chi connectivity index (χ0) is 18.9. The molecule has 0 aliphatic carbocycles. The highest BCUT2D eigenvalue weighted by Crippen LogP contribution is 2.20. The van der Waals surface area contributed by atoms with Crippen LogP contribution in [-0.2, 0) is 16.1 Å². The number of unbranched alkanes of at least 4 members (excludes halogenated alkanes) is 1. The molecule has 0 heterocycles.